The van der Waals surface area contributed by atoms with E-state index in [0.717, 1.165) is 41.4 Å². The second-order valence-electron chi connectivity index (χ2n) is 15.1. The summed E-state index contributed by atoms with van der Waals surface area (Å²) >= 11 is 0. The number of carbonyl (C=O) groups excluding carboxylic acids is 4. The molecule has 0 bridgehead atoms. The van der Waals surface area contributed by atoms with E-state index in [-0.39, 0.29) is 25.6 Å². The second kappa shape index (κ2) is 16.4. The molecule has 5 rings (SSSR count). The molecular formula is C39H50F3N7O5. The first kappa shape index (κ1) is 41.4. The highest BCUT2D eigenvalue weighted by atomic mass is 19.4. The van der Waals surface area contributed by atoms with Crippen LogP contribution in [0.5, 0.6) is 0 Å². The Balaban J connectivity index is 0.00000650. The molecule has 0 radical (unpaired) electrons. The Hall–Kier alpha value is -5.34. The molecular weight excluding hydrogens is 703 g/mol. The van der Waals surface area contributed by atoms with Gasteiger partial charge in [-0.3, -0.25) is 14.4 Å². The standard InChI is InChI=1S/C38H46F3N7O5.CH4/c1-23-15-17-47(18-16-23)33(50)31(24-11-13-26(14-12-24)38(39,40)41)48-21-30(43-22-48)45-32(49)29(19-25-20-42-28-10-8-7-9-27(25)28)44-34(51)37(5,6)46-35(52)53-36(2,3)4;/h7-14,20-23,29,31,42H,15-19H2,1-6H3,(H,44,51)(H,45,49)(H,46,52);1H4. The van der Waals surface area contributed by atoms with E-state index >= 15 is 0 Å². The minimum atomic E-state index is -4.55. The predicted molar refractivity (Wildman–Crippen MR) is 200 cm³/mol. The number of carbonyl (C=O) groups is 4. The summed E-state index contributed by atoms with van der Waals surface area (Å²) in [6, 6.07) is 9.69. The van der Waals surface area contributed by atoms with Crippen molar-refractivity contribution in [2.45, 2.75) is 97.6 Å². The monoisotopic (exact) mass is 753 g/mol. The van der Waals surface area contributed by atoms with Gasteiger partial charge in [-0.15, -0.1) is 0 Å². The van der Waals surface area contributed by atoms with Gasteiger partial charge in [0.1, 0.15) is 23.2 Å². The van der Waals surface area contributed by atoms with Crippen molar-refractivity contribution in [3.05, 3.63) is 83.9 Å². The number of anilines is 1. The van der Waals surface area contributed by atoms with E-state index in [9.17, 15) is 32.3 Å². The maximum absolute atomic E-state index is 14.0. The highest BCUT2D eigenvalue weighted by Gasteiger charge is 2.36. The van der Waals surface area contributed by atoms with Crippen molar-refractivity contribution in [2.75, 3.05) is 18.4 Å². The number of rotatable bonds is 10. The quantitative estimate of drug-likeness (QED) is 0.139. The second-order valence-corrected chi connectivity index (χ2v) is 15.1. The van der Waals surface area contributed by atoms with Crippen LogP contribution in [0.4, 0.5) is 23.8 Å². The van der Waals surface area contributed by atoms with Crippen LogP contribution >= 0.6 is 0 Å². The lowest BCUT2D eigenvalue weighted by molar-refractivity contribution is -0.137. The number of alkyl halides is 3. The molecule has 0 spiro atoms. The molecule has 2 unspecified atom stereocenters. The number of nitrogens with one attached hydrogen (secondary N) is 4. The zero-order valence-electron chi connectivity index (χ0n) is 30.6. The lowest BCUT2D eigenvalue weighted by Gasteiger charge is -2.33. The van der Waals surface area contributed by atoms with E-state index in [2.05, 4.69) is 32.8 Å². The molecule has 3 heterocycles. The normalized spacial score (nSPS) is 15.2. The molecule has 1 aliphatic heterocycles. The minimum absolute atomic E-state index is 0. The average molecular weight is 754 g/mol. The van der Waals surface area contributed by atoms with Crippen LogP contribution in [0.2, 0.25) is 0 Å². The molecule has 4 N–H and O–H groups in total. The van der Waals surface area contributed by atoms with E-state index in [0.29, 0.717) is 24.6 Å². The Morgan fingerprint density at radius 1 is 0.981 bits per heavy atom. The number of H-pyrrole nitrogens is 1. The number of piperidine rings is 1. The summed E-state index contributed by atoms with van der Waals surface area (Å²) in [4.78, 5) is 63.2. The van der Waals surface area contributed by atoms with Gasteiger partial charge in [0.2, 0.25) is 17.7 Å². The highest BCUT2D eigenvalue weighted by Crippen LogP contribution is 2.32. The summed E-state index contributed by atoms with van der Waals surface area (Å²) in [6.45, 7) is 11.2. The fourth-order valence-electron chi connectivity index (χ4n) is 6.14. The number of likely N-dealkylation sites (tertiary alicyclic amines) is 1. The zero-order valence-corrected chi connectivity index (χ0v) is 30.6. The van der Waals surface area contributed by atoms with E-state index in [1.165, 1.54) is 43.1 Å². The molecule has 1 fully saturated rings. The van der Waals surface area contributed by atoms with Gasteiger partial charge in [0.15, 0.2) is 5.82 Å². The van der Waals surface area contributed by atoms with Crippen LogP contribution in [0.1, 0.15) is 84.5 Å². The van der Waals surface area contributed by atoms with Gasteiger partial charge in [-0.1, -0.05) is 44.7 Å². The smallest absolute Gasteiger partial charge is 0.416 e. The van der Waals surface area contributed by atoms with Crippen LogP contribution < -0.4 is 16.0 Å². The first-order valence-corrected chi connectivity index (χ1v) is 17.5. The largest absolute Gasteiger partial charge is 0.444 e. The van der Waals surface area contributed by atoms with E-state index in [4.69, 9.17) is 4.74 Å². The average Bonchev–Trinajstić information content (AvgIpc) is 3.70. The molecule has 15 heteroatoms. The Labute approximate surface area is 313 Å². The zero-order chi connectivity index (χ0) is 38.7. The molecule has 1 aliphatic rings. The van der Waals surface area contributed by atoms with Crippen molar-refractivity contribution in [3.8, 4) is 0 Å². The van der Waals surface area contributed by atoms with Crippen molar-refractivity contribution in [3.63, 3.8) is 0 Å². The molecule has 2 aromatic heterocycles. The molecule has 4 amide bonds. The van der Waals surface area contributed by atoms with Crippen LogP contribution in [0.3, 0.4) is 0 Å². The number of imidazole rings is 1. The minimum Gasteiger partial charge on any atom is -0.444 e. The van der Waals surface area contributed by atoms with E-state index in [1.807, 2.05) is 24.3 Å². The lowest BCUT2D eigenvalue weighted by Crippen LogP contribution is -2.59. The maximum Gasteiger partial charge on any atom is 0.416 e. The molecule has 1 saturated heterocycles. The van der Waals surface area contributed by atoms with Gasteiger partial charge >= 0.3 is 12.3 Å². The number of halogens is 3. The number of aromatic amines is 1. The predicted octanol–water partition coefficient (Wildman–Crippen LogP) is 6.84. The number of para-hydroxylation sites is 1. The number of hydrogen-bond acceptors (Lipinski definition) is 6. The molecule has 0 saturated carbocycles. The Morgan fingerprint density at radius 2 is 1.63 bits per heavy atom. The fraction of sp³-hybridized carbons (Fsp3) is 0.462. The van der Waals surface area contributed by atoms with Crippen LogP contribution in [-0.2, 0) is 31.7 Å². The Bertz CT molecular complexity index is 1940. The molecule has 2 atom stereocenters. The number of aromatic nitrogens is 3. The summed E-state index contributed by atoms with van der Waals surface area (Å²) in [5.41, 5.74) is -1.23. The number of hydrogen-bond donors (Lipinski definition) is 4. The number of nitrogens with zero attached hydrogens (tertiary/aromatic N) is 3. The van der Waals surface area contributed by atoms with Crippen molar-refractivity contribution < 1.29 is 37.1 Å². The third-order valence-electron chi connectivity index (χ3n) is 9.14. The molecule has 4 aromatic rings. The third kappa shape index (κ3) is 10.2. The topological polar surface area (TPSA) is 150 Å². The van der Waals surface area contributed by atoms with Crippen LogP contribution in [-0.4, -0.2) is 73.5 Å². The van der Waals surface area contributed by atoms with E-state index < -0.39 is 52.9 Å². The van der Waals surface area contributed by atoms with Crippen LogP contribution in [0, 0.1) is 5.92 Å². The highest BCUT2D eigenvalue weighted by molar-refractivity contribution is 5.99. The van der Waals surface area contributed by atoms with Crippen molar-refractivity contribution in [1.29, 1.82) is 0 Å². The maximum atomic E-state index is 14.0. The molecule has 2 aromatic carbocycles. The summed E-state index contributed by atoms with van der Waals surface area (Å²) in [7, 11) is 0. The molecule has 54 heavy (non-hydrogen) atoms. The molecule has 0 aliphatic carbocycles. The summed E-state index contributed by atoms with van der Waals surface area (Å²) in [5.74, 6) is -1.11. The lowest BCUT2D eigenvalue weighted by atomic mass is 9.97. The number of ether oxygens (including phenoxy) is 1. The summed E-state index contributed by atoms with van der Waals surface area (Å²) in [5, 5.41) is 8.89. The number of amides is 4. The van der Waals surface area contributed by atoms with Crippen LogP contribution in [0.15, 0.2) is 67.3 Å². The molecule has 292 valence electrons. The van der Waals surface area contributed by atoms with Crippen molar-refractivity contribution in [1.82, 2.24) is 30.1 Å². The molecule has 12 nitrogen and oxygen atoms in total. The van der Waals surface area contributed by atoms with Gasteiger partial charge in [-0.25, -0.2) is 9.78 Å². The van der Waals surface area contributed by atoms with Gasteiger partial charge in [-0.05, 0) is 82.7 Å². The number of fused-ring (bicyclic) bond motifs is 1. The summed E-state index contributed by atoms with van der Waals surface area (Å²) < 4.78 is 47.0. The van der Waals surface area contributed by atoms with Gasteiger partial charge < -0.3 is 35.1 Å². The van der Waals surface area contributed by atoms with E-state index in [1.54, 1.807) is 31.9 Å². The van der Waals surface area contributed by atoms with Gasteiger partial charge in [0, 0.05) is 42.8 Å². The SMILES string of the molecule is C.CC1CCN(C(=O)C(c2ccc(C(F)(F)F)cc2)n2cnc(NC(=O)C(Cc3c[nH]c4ccccc34)NC(=O)C(C)(C)NC(=O)OC(C)(C)C)c2)CC1. The van der Waals surface area contributed by atoms with Gasteiger partial charge in [-0.2, -0.15) is 13.2 Å². The van der Waals surface area contributed by atoms with Gasteiger partial charge in [0.25, 0.3) is 0 Å². The number of benzene rings is 2. The van der Waals surface area contributed by atoms with Crippen molar-refractivity contribution >= 4 is 40.5 Å². The first-order valence-electron chi connectivity index (χ1n) is 17.5. The summed E-state index contributed by atoms with van der Waals surface area (Å²) in [6.07, 6.45) is 0.814. The fourth-order valence-corrected chi connectivity index (χ4v) is 6.14. The Kier molecular flexibility index (Phi) is 12.5. The third-order valence-corrected chi connectivity index (χ3v) is 9.14. The number of alkyl carbamates (subject to hydrolysis) is 1. The Morgan fingerprint density at radius 3 is 2.26 bits per heavy atom. The first-order chi connectivity index (χ1) is 24.8. The van der Waals surface area contributed by atoms with Crippen molar-refractivity contribution in [2.24, 2.45) is 5.92 Å². The van der Waals surface area contributed by atoms with Crippen LogP contribution in [0.25, 0.3) is 10.9 Å². The van der Waals surface area contributed by atoms with Gasteiger partial charge in [0.05, 0.1) is 11.9 Å².